The van der Waals surface area contributed by atoms with E-state index >= 15 is 0 Å². The molecular formula is C48H94N2O7. The highest BCUT2D eigenvalue weighted by molar-refractivity contribution is 5.76. The summed E-state index contributed by atoms with van der Waals surface area (Å²) in [4.78, 5) is 26.6. The fourth-order valence-corrected chi connectivity index (χ4v) is 8.45. The van der Waals surface area contributed by atoms with Crippen molar-refractivity contribution in [3.8, 4) is 0 Å². The number of nitrogens with one attached hydrogen (secondary N) is 1. The largest absolute Gasteiger partial charge is 0.481 e. The molecule has 1 aliphatic heterocycles. The van der Waals surface area contributed by atoms with Crippen molar-refractivity contribution in [2.24, 2.45) is 0 Å². The molecule has 0 radical (unpaired) electrons. The van der Waals surface area contributed by atoms with Gasteiger partial charge in [-0.25, -0.2) is 0 Å². The average Bonchev–Trinajstić information content (AvgIpc) is 3.20. The first-order valence-corrected chi connectivity index (χ1v) is 24.7. The van der Waals surface area contributed by atoms with Crippen molar-refractivity contribution < 1.29 is 34.8 Å². The third kappa shape index (κ3) is 28.8. The Morgan fingerprint density at radius 2 is 0.877 bits per heavy atom. The van der Waals surface area contributed by atoms with Crippen LogP contribution in [0.15, 0.2) is 0 Å². The lowest BCUT2D eigenvalue weighted by molar-refractivity contribution is -0.231. The number of unbranched alkanes of at least 4 members (excludes halogenated alkanes) is 31. The highest BCUT2D eigenvalue weighted by Crippen LogP contribution is 2.26. The second kappa shape index (κ2) is 38.9. The predicted molar refractivity (Wildman–Crippen MR) is 236 cm³/mol. The van der Waals surface area contributed by atoms with E-state index in [1.165, 1.54) is 161 Å². The summed E-state index contributed by atoms with van der Waals surface area (Å²) in [5.41, 5.74) is 0. The number of hydrogen-bond acceptors (Lipinski definition) is 7. The summed E-state index contributed by atoms with van der Waals surface area (Å²) in [6.45, 7) is 5.10. The van der Waals surface area contributed by atoms with Crippen LogP contribution < -0.4 is 5.32 Å². The summed E-state index contributed by atoms with van der Waals surface area (Å²) in [7, 11) is 0. The normalized spacial score (nSPS) is 19.6. The van der Waals surface area contributed by atoms with Crippen molar-refractivity contribution in [2.75, 3.05) is 19.7 Å². The number of carbonyl (C=O) groups excluding carboxylic acids is 1. The average molecular weight is 811 g/mol. The highest BCUT2D eigenvalue weighted by Gasteiger charge is 2.47. The van der Waals surface area contributed by atoms with Crippen LogP contribution in [0.4, 0.5) is 0 Å². The van der Waals surface area contributed by atoms with Gasteiger partial charge in [-0.05, 0) is 32.2 Å². The van der Waals surface area contributed by atoms with Gasteiger partial charge in [0.15, 0.2) is 6.23 Å². The third-order valence-corrected chi connectivity index (χ3v) is 12.2. The second-order valence-electron chi connectivity index (χ2n) is 17.5. The SMILES string of the molecule is CCCCCCCCCCCCCCCCCCN(C(=O)CCCCCCCCCCCCCCCCC)[C@@H]1O[C@H](CO)[C@@H](O)[C@H](O)[C@@H]1NCCCCCC(=O)O. The van der Waals surface area contributed by atoms with Gasteiger partial charge in [0, 0.05) is 19.4 Å². The molecule has 1 heterocycles. The summed E-state index contributed by atoms with van der Waals surface area (Å²) in [6, 6.07) is -0.715. The topological polar surface area (TPSA) is 140 Å². The van der Waals surface area contributed by atoms with Gasteiger partial charge in [0.2, 0.25) is 5.91 Å². The zero-order valence-corrected chi connectivity index (χ0v) is 37.4. The van der Waals surface area contributed by atoms with Crippen molar-refractivity contribution in [1.82, 2.24) is 10.2 Å². The van der Waals surface area contributed by atoms with Gasteiger partial charge in [0.1, 0.15) is 18.3 Å². The Balaban J connectivity index is 2.57. The van der Waals surface area contributed by atoms with Crippen molar-refractivity contribution in [3.05, 3.63) is 0 Å². The Morgan fingerprint density at radius 1 is 0.509 bits per heavy atom. The van der Waals surface area contributed by atoms with Gasteiger partial charge in [0.25, 0.3) is 0 Å². The molecule has 0 aliphatic carbocycles. The molecule has 0 aromatic heterocycles. The van der Waals surface area contributed by atoms with Crippen LogP contribution in [0, 0.1) is 0 Å². The Hall–Kier alpha value is -1.26. The number of aliphatic hydroxyl groups excluding tert-OH is 3. The van der Waals surface area contributed by atoms with Crippen LogP contribution in [0.3, 0.4) is 0 Å². The van der Waals surface area contributed by atoms with E-state index < -0.39 is 43.2 Å². The number of aliphatic hydroxyl groups is 3. The number of hydrogen-bond donors (Lipinski definition) is 5. The van der Waals surface area contributed by atoms with Crippen molar-refractivity contribution in [1.29, 1.82) is 0 Å². The van der Waals surface area contributed by atoms with Crippen LogP contribution in [0.1, 0.15) is 245 Å². The molecule has 0 saturated carbocycles. The first kappa shape index (κ1) is 53.8. The van der Waals surface area contributed by atoms with E-state index in [1.807, 2.05) is 0 Å². The lowest BCUT2D eigenvalue weighted by atomic mass is 9.94. The number of nitrogens with zero attached hydrogens (tertiary/aromatic N) is 1. The van der Waals surface area contributed by atoms with Gasteiger partial charge in [-0.3, -0.25) is 9.59 Å². The van der Waals surface area contributed by atoms with Gasteiger partial charge in [-0.15, -0.1) is 0 Å². The zero-order chi connectivity index (χ0) is 41.6. The molecule has 1 amide bonds. The first-order chi connectivity index (χ1) is 27.9. The Kier molecular flexibility index (Phi) is 36.7. The van der Waals surface area contributed by atoms with Crippen molar-refractivity contribution in [2.45, 2.75) is 276 Å². The van der Waals surface area contributed by atoms with Gasteiger partial charge in [0.05, 0.1) is 12.6 Å². The fourth-order valence-electron chi connectivity index (χ4n) is 8.45. The molecule has 57 heavy (non-hydrogen) atoms. The third-order valence-electron chi connectivity index (χ3n) is 12.2. The summed E-state index contributed by atoms with van der Waals surface area (Å²) >= 11 is 0. The summed E-state index contributed by atoms with van der Waals surface area (Å²) in [5.74, 6) is -0.807. The van der Waals surface area contributed by atoms with E-state index in [4.69, 9.17) is 9.84 Å². The molecule has 5 atom stereocenters. The minimum absolute atomic E-state index is 0.00388. The predicted octanol–water partition coefficient (Wildman–Crippen LogP) is 11.4. The number of carbonyl (C=O) groups is 2. The standard InChI is InChI=1S/C48H94N2O7/c1-3-5-7-9-11-13-15-17-19-21-23-25-27-29-31-36-40-50(43(52)37-33-30-28-26-24-22-20-18-16-14-12-10-8-6-4-2)48-45(47(56)46(55)42(41-51)57-48)49-39-35-32-34-38-44(53)54/h42,45-49,51,55-56H,3-41H2,1-2H3,(H,53,54)/t42-,45+,46-,47-,48-/m1/s1. The number of aliphatic carboxylic acids is 1. The van der Waals surface area contributed by atoms with Crippen molar-refractivity contribution >= 4 is 11.9 Å². The molecule has 0 spiro atoms. The van der Waals surface area contributed by atoms with E-state index in [2.05, 4.69) is 19.2 Å². The Bertz CT molecular complexity index is 908. The number of carboxylic acid groups (broad SMARTS) is 1. The van der Waals surface area contributed by atoms with Crippen LogP contribution in [0.25, 0.3) is 0 Å². The molecule has 0 aromatic rings. The van der Waals surface area contributed by atoms with E-state index in [-0.39, 0.29) is 12.3 Å². The molecule has 5 N–H and O–H groups in total. The van der Waals surface area contributed by atoms with Crippen LogP contribution in [0.5, 0.6) is 0 Å². The zero-order valence-electron chi connectivity index (χ0n) is 37.4. The lowest BCUT2D eigenvalue weighted by Gasteiger charge is -2.47. The van der Waals surface area contributed by atoms with Crippen LogP contribution >= 0.6 is 0 Å². The van der Waals surface area contributed by atoms with Gasteiger partial charge in [-0.2, -0.15) is 0 Å². The smallest absolute Gasteiger partial charge is 0.303 e. The summed E-state index contributed by atoms with van der Waals surface area (Å²) < 4.78 is 6.24. The van der Waals surface area contributed by atoms with Crippen LogP contribution in [0.2, 0.25) is 0 Å². The van der Waals surface area contributed by atoms with E-state index in [0.717, 1.165) is 44.9 Å². The highest BCUT2D eigenvalue weighted by atomic mass is 16.5. The quantitative estimate of drug-likeness (QED) is 0.0384. The summed E-state index contributed by atoms with van der Waals surface area (Å²) in [5, 5.41) is 44.4. The Labute approximate surface area is 351 Å². The Morgan fingerprint density at radius 3 is 1.28 bits per heavy atom. The van der Waals surface area contributed by atoms with Crippen LogP contribution in [-0.4, -0.2) is 87.5 Å². The number of amides is 1. The van der Waals surface area contributed by atoms with E-state index in [1.54, 1.807) is 4.90 Å². The molecule has 0 unspecified atom stereocenters. The van der Waals surface area contributed by atoms with Gasteiger partial charge in [-0.1, -0.05) is 206 Å². The van der Waals surface area contributed by atoms with Gasteiger partial charge < -0.3 is 35.4 Å². The fraction of sp³-hybridized carbons (Fsp3) is 0.958. The monoisotopic (exact) mass is 811 g/mol. The molecule has 0 bridgehead atoms. The molecule has 1 rings (SSSR count). The number of carboxylic acids is 1. The maximum atomic E-state index is 13.9. The van der Waals surface area contributed by atoms with E-state index in [9.17, 15) is 24.9 Å². The maximum Gasteiger partial charge on any atom is 0.303 e. The molecule has 9 nitrogen and oxygen atoms in total. The molecule has 1 saturated heterocycles. The van der Waals surface area contributed by atoms with E-state index in [0.29, 0.717) is 32.4 Å². The summed E-state index contributed by atoms with van der Waals surface area (Å²) in [6.07, 6.45) is 37.7. The second-order valence-corrected chi connectivity index (χ2v) is 17.5. The first-order valence-electron chi connectivity index (χ1n) is 24.7. The molecule has 9 heteroatoms. The molecule has 1 fully saturated rings. The lowest BCUT2D eigenvalue weighted by Crippen LogP contribution is -2.68. The maximum absolute atomic E-state index is 13.9. The minimum Gasteiger partial charge on any atom is -0.481 e. The van der Waals surface area contributed by atoms with Crippen molar-refractivity contribution in [3.63, 3.8) is 0 Å². The minimum atomic E-state index is -1.28. The molecular weight excluding hydrogens is 717 g/mol. The number of rotatable bonds is 42. The molecule has 1 aliphatic rings. The number of ether oxygens (including phenoxy) is 1. The van der Waals surface area contributed by atoms with Gasteiger partial charge >= 0.3 is 5.97 Å². The van der Waals surface area contributed by atoms with Crippen LogP contribution in [-0.2, 0) is 14.3 Å². The molecule has 338 valence electrons. The molecule has 0 aromatic carbocycles.